The number of nitrogens with one attached hydrogen (secondary N) is 1. The Morgan fingerprint density at radius 3 is 2.35 bits per heavy atom. The second kappa shape index (κ2) is 7.42. The van der Waals surface area contributed by atoms with Gasteiger partial charge < -0.3 is 11.1 Å². The molecule has 124 valence electrons. The first kappa shape index (κ1) is 18.9. The van der Waals surface area contributed by atoms with E-state index in [0.717, 1.165) is 0 Å². The van der Waals surface area contributed by atoms with Crippen LogP contribution in [0.5, 0.6) is 0 Å². The van der Waals surface area contributed by atoms with Crippen molar-refractivity contribution in [2.75, 3.05) is 0 Å². The number of nitrogens with zero attached hydrogens (tertiary/aromatic N) is 1. The van der Waals surface area contributed by atoms with E-state index >= 15 is 0 Å². The minimum Gasteiger partial charge on any atom is -0.368 e. The molecule has 1 aromatic rings. The Morgan fingerprint density at radius 2 is 1.87 bits per heavy atom. The summed E-state index contributed by atoms with van der Waals surface area (Å²) in [4.78, 5) is 27.5. The summed E-state index contributed by atoms with van der Waals surface area (Å²) in [6.07, 6.45) is 3.26. The van der Waals surface area contributed by atoms with Crippen LogP contribution in [0.3, 0.4) is 0 Å². The predicted molar refractivity (Wildman–Crippen MR) is 94.3 cm³/mol. The van der Waals surface area contributed by atoms with Gasteiger partial charge in [-0.25, -0.2) is 0 Å². The fourth-order valence-corrected chi connectivity index (χ4v) is 2.45. The molecule has 0 saturated heterocycles. The molecule has 0 spiro atoms. The van der Waals surface area contributed by atoms with Gasteiger partial charge in [0.1, 0.15) is 14.1 Å². The molecule has 1 heterocycles. The summed E-state index contributed by atoms with van der Waals surface area (Å²) >= 11 is 0. The van der Waals surface area contributed by atoms with Crippen LogP contribution in [0.4, 0.5) is 0 Å². The highest BCUT2D eigenvalue weighted by atomic mass is 28.3. The summed E-state index contributed by atoms with van der Waals surface area (Å²) in [7, 11) is -1.74. The van der Waals surface area contributed by atoms with Gasteiger partial charge in [-0.1, -0.05) is 33.9 Å². The summed E-state index contributed by atoms with van der Waals surface area (Å²) in [5.41, 5.74) is 9.13. The third-order valence-corrected chi connectivity index (χ3v) is 8.73. The standard InChI is InChI=1S/C17H25N3O2Si/c1-17(2,3)23(4,5)12-6-7-14(15(18)21)20-16(22)13-8-10-19-11-9-13/h8-11,14H,7H2,1-5H3,(H2,18,21)(H,20,22)/t14-/m0/s1. The zero-order chi connectivity index (χ0) is 17.7. The van der Waals surface area contributed by atoms with E-state index in [1.807, 2.05) is 0 Å². The van der Waals surface area contributed by atoms with Crippen molar-refractivity contribution in [3.63, 3.8) is 0 Å². The Bertz CT molecular complexity index is 625. The Labute approximate surface area is 139 Å². The number of pyridine rings is 1. The van der Waals surface area contributed by atoms with Gasteiger partial charge in [-0.3, -0.25) is 14.6 Å². The molecule has 23 heavy (non-hydrogen) atoms. The van der Waals surface area contributed by atoms with Gasteiger partial charge in [-0.15, -0.1) is 11.5 Å². The van der Waals surface area contributed by atoms with E-state index in [9.17, 15) is 9.59 Å². The van der Waals surface area contributed by atoms with Crippen molar-refractivity contribution in [2.45, 2.75) is 51.4 Å². The first-order valence-electron chi connectivity index (χ1n) is 7.55. The van der Waals surface area contributed by atoms with Crippen LogP contribution in [0.25, 0.3) is 0 Å². The molecular weight excluding hydrogens is 306 g/mol. The van der Waals surface area contributed by atoms with Crippen LogP contribution in [0.1, 0.15) is 37.6 Å². The molecule has 0 fully saturated rings. The Balaban J connectivity index is 2.79. The molecule has 0 radical (unpaired) electrons. The SMILES string of the molecule is CC(C)(C)[Si](C)(C)C#CC[C@H](NC(=O)c1ccncc1)C(N)=O. The van der Waals surface area contributed by atoms with E-state index in [1.54, 1.807) is 12.1 Å². The van der Waals surface area contributed by atoms with Crippen molar-refractivity contribution in [3.05, 3.63) is 30.1 Å². The van der Waals surface area contributed by atoms with Gasteiger partial charge in [-0.05, 0) is 17.2 Å². The summed E-state index contributed by atoms with van der Waals surface area (Å²) in [5.74, 6) is 2.11. The lowest BCUT2D eigenvalue weighted by atomic mass is 10.1. The van der Waals surface area contributed by atoms with Crippen LogP contribution in [-0.2, 0) is 4.79 Å². The summed E-state index contributed by atoms with van der Waals surface area (Å²) in [6, 6.07) is 2.36. The van der Waals surface area contributed by atoms with Crippen molar-refractivity contribution >= 4 is 19.9 Å². The molecule has 3 N–H and O–H groups in total. The lowest BCUT2D eigenvalue weighted by molar-refractivity contribution is -0.119. The second-order valence-corrected chi connectivity index (χ2v) is 12.0. The molecular formula is C17H25N3O2Si. The molecule has 0 unspecified atom stereocenters. The number of carbonyl (C=O) groups is 2. The lowest BCUT2D eigenvalue weighted by Gasteiger charge is -2.31. The van der Waals surface area contributed by atoms with Gasteiger partial charge in [0.05, 0.1) is 0 Å². The average molecular weight is 331 g/mol. The third kappa shape index (κ3) is 5.53. The Kier molecular flexibility index (Phi) is 6.10. The number of primary amides is 1. The number of hydrogen-bond acceptors (Lipinski definition) is 3. The molecule has 0 aliphatic heterocycles. The number of nitrogens with two attached hydrogens (primary N) is 1. The monoisotopic (exact) mass is 331 g/mol. The van der Waals surface area contributed by atoms with E-state index < -0.39 is 20.0 Å². The van der Waals surface area contributed by atoms with Crippen LogP contribution >= 0.6 is 0 Å². The highest BCUT2D eigenvalue weighted by Gasteiger charge is 2.33. The zero-order valence-electron chi connectivity index (χ0n) is 14.4. The zero-order valence-corrected chi connectivity index (χ0v) is 15.4. The van der Waals surface area contributed by atoms with Crippen LogP contribution in [0, 0.1) is 11.5 Å². The van der Waals surface area contributed by atoms with Crippen molar-refractivity contribution in [3.8, 4) is 11.5 Å². The van der Waals surface area contributed by atoms with Crippen molar-refractivity contribution in [1.29, 1.82) is 0 Å². The smallest absolute Gasteiger partial charge is 0.252 e. The topological polar surface area (TPSA) is 85.1 Å². The maximum Gasteiger partial charge on any atom is 0.252 e. The molecule has 0 bridgehead atoms. The minimum atomic E-state index is -1.74. The van der Waals surface area contributed by atoms with E-state index in [4.69, 9.17) is 5.73 Å². The van der Waals surface area contributed by atoms with E-state index in [-0.39, 0.29) is 17.4 Å². The maximum atomic E-state index is 12.1. The molecule has 2 amide bonds. The van der Waals surface area contributed by atoms with Crippen molar-refractivity contribution in [2.24, 2.45) is 5.73 Å². The van der Waals surface area contributed by atoms with Crippen molar-refractivity contribution in [1.82, 2.24) is 10.3 Å². The number of hydrogen-bond donors (Lipinski definition) is 2. The molecule has 0 saturated carbocycles. The molecule has 1 aromatic heterocycles. The maximum absolute atomic E-state index is 12.1. The minimum absolute atomic E-state index is 0.141. The highest BCUT2D eigenvalue weighted by molar-refractivity contribution is 6.87. The Morgan fingerprint density at radius 1 is 1.30 bits per heavy atom. The Hall–Kier alpha value is -2.13. The fourth-order valence-electron chi connectivity index (χ4n) is 1.53. The number of amides is 2. The van der Waals surface area contributed by atoms with Crippen LogP contribution in [0.15, 0.2) is 24.5 Å². The van der Waals surface area contributed by atoms with Gasteiger partial charge in [0.15, 0.2) is 0 Å². The number of carbonyl (C=O) groups excluding carboxylic acids is 2. The summed E-state index contributed by atoms with van der Waals surface area (Å²) in [5, 5.41) is 2.77. The largest absolute Gasteiger partial charge is 0.368 e. The van der Waals surface area contributed by atoms with Gasteiger partial charge in [0, 0.05) is 24.4 Å². The van der Waals surface area contributed by atoms with Crippen LogP contribution in [-0.4, -0.2) is 30.9 Å². The van der Waals surface area contributed by atoms with Gasteiger partial charge in [0.25, 0.3) is 5.91 Å². The van der Waals surface area contributed by atoms with E-state index in [2.05, 4.69) is 55.6 Å². The molecule has 1 atom stereocenters. The second-order valence-electron chi connectivity index (χ2n) is 7.05. The first-order valence-corrected chi connectivity index (χ1v) is 10.5. The average Bonchev–Trinajstić information content (AvgIpc) is 2.45. The van der Waals surface area contributed by atoms with Crippen LogP contribution < -0.4 is 11.1 Å². The molecule has 0 aliphatic rings. The summed E-state index contributed by atoms with van der Waals surface area (Å²) in [6.45, 7) is 10.9. The first-order chi connectivity index (χ1) is 10.5. The number of aromatic nitrogens is 1. The molecule has 0 aliphatic carbocycles. The fraction of sp³-hybridized carbons (Fsp3) is 0.471. The van der Waals surface area contributed by atoms with Gasteiger partial charge in [0.2, 0.25) is 5.91 Å². The van der Waals surface area contributed by atoms with Crippen LogP contribution in [0.2, 0.25) is 18.1 Å². The molecule has 0 aromatic carbocycles. The highest BCUT2D eigenvalue weighted by Crippen LogP contribution is 2.35. The predicted octanol–water partition coefficient (Wildman–Crippen LogP) is 2.11. The lowest BCUT2D eigenvalue weighted by Crippen LogP contribution is -2.44. The van der Waals surface area contributed by atoms with Crippen molar-refractivity contribution < 1.29 is 9.59 Å². The quantitative estimate of drug-likeness (QED) is 0.654. The van der Waals surface area contributed by atoms with E-state index in [0.29, 0.717) is 5.56 Å². The number of rotatable bonds is 4. The normalized spacial score (nSPS) is 12.7. The van der Waals surface area contributed by atoms with E-state index in [1.165, 1.54) is 12.4 Å². The van der Waals surface area contributed by atoms with Gasteiger partial charge in [-0.2, -0.15) is 0 Å². The molecule has 5 nitrogen and oxygen atoms in total. The molecule has 6 heteroatoms. The van der Waals surface area contributed by atoms with Gasteiger partial charge >= 0.3 is 0 Å². The molecule has 1 rings (SSSR count). The summed E-state index contributed by atoms with van der Waals surface area (Å²) < 4.78 is 0. The third-order valence-electron chi connectivity index (χ3n) is 4.17.